The van der Waals surface area contributed by atoms with E-state index in [-0.39, 0.29) is 30.3 Å². The molecule has 2 aliphatic heterocycles. The summed E-state index contributed by atoms with van der Waals surface area (Å²) in [5.74, 6) is 1.92. The molecular weight excluding hydrogens is 386 g/mol. The van der Waals surface area contributed by atoms with E-state index >= 15 is 0 Å². The van der Waals surface area contributed by atoms with Crippen LogP contribution in [0, 0.1) is 5.92 Å². The van der Waals surface area contributed by atoms with Gasteiger partial charge in [0.15, 0.2) is 11.6 Å². The Morgan fingerprint density at radius 1 is 1.17 bits per heavy atom. The first-order valence-electron chi connectivity index (χ1n) is 10.2. The molecule has 1 N–H and O–H groups in total. The van der Waals surface area contributed by atoms with Crippen molar-refractivity contribution in [3.8, 4) is 5.75 Å². The molecule has 30 heavy (non-hydrogen) atoms. The molecule has 0 radical (unpaired) electrons. The second-order valence-corrected chi connectivity index (χ2v) is 8.13. The molecule has 9 nitrogen and oxygen atoms in total. The lowest BCUT2D eigenvalue weighted by Crippen LogP contribution is -2.41. The van der Waals surface area contributed by atoms with Gasteiger partial charge in [0.05, 0.1) is 25.8 Å². The maximum absolute atomic E-state index is 13.1. The number of likely N-dealkylation sites (tertiary alicyclic amines) is 1. The van der Waals surface area contributed by atoms with Crippen LogP contribution in [0.4, 0.5) is 0 Å². The molecular formula is C21H27N5O4. The average Bonchev–Trinajstić information content (AvgIpc) is 3.35. The van der Waals surface area contributed by atoms with Gasteiger partial charge in [-0.2, -0.15) is 0 Å². The number of hydrogen-bond donors (Lipinski definition) is 1. The summed E-state index contributed by atoms with van der Waals surface area (Å²) in [6.07, 6.45) is -0.206. The van der Waals surface area contributed by atoms with Crippen LogP contribution in [0.25, 0.3) is 0 Å². The highest BCUT2D eigenvalue weighted by Crippen LogP contribution is 2.34. The minimum Gasteiger partial charge on any atom is -0.497 e. The van der Waals surface area contributed by atoms with Crippen LogP contribution < -0.4 is 4.74 Å². The number of nitrogens with zero attached hydrogens (tertiary/aromatic N) is 5. The number of carbonyl (C=O) groups is 2. The van der Waals surface area contributed by atoms with Gasteiger partial charge < -0.3 is 24.2 Å². The van der Waals surface area contributed by atoms with Crippen molar-refractivity contribution in [2.24, 2.45) is 5.92 Å². The number of aliphatic hydroxyl groups excluding tert-OH is 1. The molecule has 1 aromatic heterocycles. The highest BCUT2D eigenvalue weighted by atomic mass is 16.5. The Kier molecular flexibility index (Phi) is 5.46. The number of ether oxygens (including phenoxy) is 1. The molecule has 0 unspecified atom stereocenters. The molecule has 1 aromatic carbocycles. The van der Waals surface area contributed by atoms with E-state index in [1.807, 2.05) is 18.4 Å². The number of fused-ring (bicyclic) bond motifs is 1. The molecule has 0 bridgehead atoms. The summed E-state index contributed by atoms with van der Waals surface area (Å²) in [5, 5.41) is 18.9. The monoisotopic (exact) mass is 413 g/mol. The van der Waals surface area contributed by atoms with Crippen LogP contribution in [-0.4, -0.2) is 67.8 Å². The third-order valence-electron chi connectivity index (χ3n) is 5.76. The summed E-state index contributed by atoms with van der Waals surface area (Å²) in [5.41, 5.74) is 0.530. The van der Waals surface area contributed by atoms with Gasteiger partial charge in [-0.1, -0.05) is 13.8 Å². The van der Waals surface area contributed by atoms with Gasteiger partial charge in [-0.3, -0.25) is 9.59 Å². The lowest BCUT2D eigenvalue weighted by molar-refractivity contribution is -0.136. The van der Waals surface area contributed by atoms with E-state index in [0.29, 0.717) is 49.0 Å². The fourth-order valence-corrected chi connectivity index (χ4v) is 4.16. The minimum absolute atomic E-state index is 0.0680. The molecule has 9 heteroatoms. The number of methoxy groups -OCH3 is 1. The van der Waals surface area contributed by atoms with Crippen LogP contribution in [0.2, 0.25) is 0 Å². The number of amides is 2. The second kappa shape index (κ2) is 8.06. The summed E-state index contributed by atoms with van der Waals surface area (Å²) < 4.78 is 7.15. The van der Waals surface area contributed by atoms with Crippen molar-refractivity contribution >= 4 is 11.8 Å². The molecule has 4 rings (SSSR count). The summed E-state index contributed by atoms with van der Waals surface area (Å²) in [6, 6.07) is 6.57. The second-order valence-electron chi connectivity index (χ2n) is 8.13. The maximum atomic E-state index is 13.1. The lowest BCUT2D eigenvalue weighted by atomic mass is 10.1. The van der Waals surface area contributed by atoms with E-state index < -0.39 is 6.10 Å². The lowest BCUT2D eigenvalue weighted by Gasteiger charge is -2.31. The summed E-state index contributed by atoms with van der Waals surface area (Å²) in [4.78, 5) is 28.9. The molecule has 3 heterocycles. The van der Waals surface area contributed by atoms with Crippen molar-refractivity contribution < 1.29 is 19.4 Å². The fourth-order valence-electron chi connectivity index (χ4n) is 4.16. The molecule has 1 fully saturated rings. The highest BCUT2D eigenvalue weighted by molar-refractivity contribution is 5.94. The third-order valence-corrected chi connectivity index (χ3v) is 5.76. The van der Waals surface area contributed by atoms with Crippen molar-refractivity contribution in [2.75, 3.05) is 20.2 Å². The van der Waals surface area contributed by atoms with Crippen LogP contribution in [0.1, 0.15) is 48.3 Å². The number of hydrogen-bond acceptors (Lipinski definition) is 6. The zero-order chi connectivity index (χ0) is 21.4. The Bertz CT molecular complexity index is 939. The predicted molar refractivity (Wildman–Crippen MR) is 108 cm³/mol. The minimum atomic E-state index is -0.618. The first-order chi connectivity index (χ1) is 14.4. The van der Waals surface area contributed by atoms with Gasteiger partial charge in [0.1, 0.15) is 5.75 Å². The number of β-amino-alcohol motifs (C(OH)–C–C–N with tert-alkyl or cyclic N) is 1. The van der Waals surface area contributed by atoms with E-state index in [1.165, 1.54) is 0 Å². The maximum Gasteiger partial charge on any atom is 0.254 e. The van der Waals surface area contributed by atoms with E-state index in [9.17, 15) is 14.7 Å². The smallest absolute Gasteiger partial charge is 0.254 e. The number of aliphatic hydroxyl groups is 1. The first-order valence-corrected chi connectivity index (χ1v) is 10.2. The SMILES string of the molecule is COc1ccc(C(=O)N2C[C@@H](O)C[C@H]2c2nnc3n2CCN(C(=O)C(C)C)C3)cc1. The number of carbonyl (C=O) groups excluding carboxylic acids is 2. The standard InChI is InChI=1S/C21H27N5O4/c1-13(2)20(28)24-8-9-25-18(12-24)22-23-19(25)17-10-15(27)11-26(17)21(29)14-4-6-16(30-3)7-5-14/h4-7,13,15,17,27H,8-12H2,1-3H3/t15-,17-/m0/s1. The molecule has 160 valence electrons. The molecule has 2 aromatic rings. The van der Waals surface area contributed by atoms with Crippen molar-refractivity contribution in [3.63, 3.8) is 0 Å². The molecule has 0 saturated carbocycles. The van der Waals surface area contributed by atoms with E-state index in [4.69, 9.17) is 4.74 Å². The molecule has 2 aliphatic rings. The zero-order valence-electron chi connectivity index (χ0n) is 17.5. The third kappa shape index (κ3) is 3.65. The van der Waals surface area contributed by atoms with E-state index in [2.05, 4.69) is 10.2 Å². The number of aromatic nitrogens is 3. The number of rotatable bonds is 4. The van der Waals surface area contributed by atoms with Gasteiger partial charge in [-0.05, 0) is 24.3 Å². The van der Waals surface area contributed by atoms with Crippen molar-refractivity contribution in [2.45, 2.75) is 45.5 Å². The van der Waals surface area contributed by atoms with Crippen LogP contribution in [0.15, 0.2) is 24.3 Å². The summed E-state index contributed by atoms with van der Waals surface area (Å²) >= 11 is 0. The Balaban J connectivity index is 1.57. The Morgan fingerprint density at radius 3 is 2.57 bits per heavy atom. The van der Waals surface area contributed by atoms with Gasteiger partial charge in [-0.25, -0.2) is 0 Å². The van der Waals surface area contributed by atoms with Crippen molar-refractivity contribution in [1.29, 1.82) is 0 Å². The molecule has 2 atom stereocenters. The zero-order valence-corrected chi connectivity index (χ0v) is 17.5. The molecule has 1 saturated heterocycles. The fraction of sp³-hybridized carbons (Fsp3) is 0.524. The van der Waals surface area contributed by atoms with Gasteiger partial charge in [0, 0.05) is 37.5 Å². The van der Waals surface area contributed by atoms with Crippen LogP contribution in [0.3, 0.4) is 0 Å². The summed E-state index contributed by atoms with van der Waals surface area (Å²) in [6.45, 7) is 5.58. The Labute approximate surface area is 175 Å². The van der Waals surface area contributed by atoms with Crippen LogP contribution >= 0.6 is 0 Å². The van der Waals surface area contributed by atoms with Crippen molar-refractivity contribution in [1.82, 2.24) is 24.6 Å². The van der Waals surface area contributed by atoms with Gasteiger partial charge in [0.25, 0.3) is 5.91 Å². The topological polar surface area (TPSA) is 101 Å². The molecule has 0 aliphatic carbocycles. The predicted octanol–water partition coefficient (Wildman–Crippen LogP) is 1.23. The number of benzene rings is 1. The van der Waals surface area contributed by atoms with Crippen molar-refractivity contribution in [3.05, 3.63) is 41.5 Å². The Morgan fingerprint density at radius 2 is 1.90 bits per heavy atom. The quantitative estimate of drug-likeness (QED) is 0.809. The first kappa shape index (κ1) is 20.3. The van der Waals surface area contributed by atoms with Gasteiger partial charge >= 0.3 is 0 Å². The summed E-state index contributed by atoms with van der Waals surface area (Å²) in [7, 11) is 1.58. The van der Waals surface area contributed by atoms with E-state index in [1.54, 1.807) is 41.2 Å². The Hall–Kier alpha value is -2.94. The largest absolute Gasteiger partial charge is 0.497 e. The molecule has 2 amide bonds. The molecule has 0 spiro atoms. The van der Waals surface area contributed by atoms with Crippen LogP contribution in [-0.2, 0) is 17.9 Å². The normalized spacial score (nSPS) is 21.1. The average molecular weight is 413 g/mol. The van der Waals surface area contributed by atoms with E-state index in [0.717, 1.165) is 0 Å². The van der Waals surface area contributed by atoms with Crippen LogP contribution in [0.5, 0.6) is 5.75 Å². The van der Waals surface area contributed by atoms with Gasteiger partial charge in [-0.15, -0.1) is 10.2 Å². The van der Waals surface area contributed by atoms with Gasteiger partial charge in [0.2, 0.25) is 5.91 Å². The highest BCUT2D eigenvalue weighted by Gasteiger charge is 2.40.